The van der Waals surface area contributed by atoms with Gasteiger partial charge in [0.1, 0.15) is 0 Å². The van der Waals surface area contributed by atoms with Gasteiger partial charge in [-0.3, -0.25) is 9.69 Å². The normalized spacial score (nSPS) is 16.1. The molecule has 1 heterocycles. The first-order chi connectivity index (χ1) is 10.2. The van der Waals surface area contributed by atoms with Crippen molar-refractivity contribution in [3.8, 4) is 0 Å². The fourth-order valence-electron chi connectivity index (χ4n) is 2.71. The summed E-state index contributed by atoms with van der Waals surface area (Å²) in [6.07, 6.45) is 2.55. The fraction of sp³-hybridized carbons (Fsp3) is 0.389. The summed E-state index contributed by atoms with van der Waals surface area (Å²) in [5.74, 6) is 0.306. The summed E-state index contributed by atoms with van der Waals surface area (Å²) in [5, 5.41) is 2.12. The summed E-state index contributed by atoms with van der Waals surface area (Å²) in [5.41, 5.74) is 0.830. The molecule has 3 heteroatoms. The number of carbonyl (C=O) groups is 1. The largest absolute Gasteiger partial charge is 0.295 e. The van der Waals surface area contributed by atoms with Crippen molar-refractivity contribution >= 4 is 17.1 Å². The highest BCUT2D eigenvalue weighted by atomic mass is 32.1. The average Bonchev–Trinajstić information content (AvgIpc) is 3.24. The van der Waals surface area contributed by atoms with E-state index in [9.17, 15) is 4.79 Å². The summed E-state index contributed by atoms with van der Waals surface area (Å²) in [4.78, 5) is 16.4. The van der Waals surface area contributed by atoms with Gasteiger partial charge < -0.3 is 0 Å². The highest BCUT2D eigenvalue weighted by Gasteiger charge is 2.31. The topological polar surface area (TPSA) is 20.3 Å². The molecule has 1 saturated carbocycles. The van der Waals surface area contributed by atoms with Crippen molar-refractivity contribution in [1.82, 2.24) is 4.90 Å². The lowest BCUT2D eigenvalue weighted by Gasteiger charge is -2.24. The van der Waals surface area contributed by atoms with E-state index in [1.54, 1.807) is 11.3 Å². The molecule has 1 aromatic carbocycles. The average molecular weight is 299 g/mol. The highest BCUT2D eigenvalue weighted by molar-refractivity contribution is 7.09. The predicted molar refractivity (Wildman–Crippen MR) is 87.7 cm³/mol. The van der Waals surface area contributed by atoms with Gasteiger partial charge >= 0.3 is 0 Å². The Bertz CT molecular complexity index is 575. The maximum atomic E-state index is 12.5. The van der Waals surface area contributed by atoms with E-state index in [0.717, 1.165) is 18.7 Å². The number of ketones is 1. The van der Waals surface area contributed by atoms with Crippen molar-refractivity contribution in [3.05, 3.63) is 58.3 Å². The molecule has 1 fully saturated rings. The van der Waals surface area contributed by atoms with Crippen LogP contribution in [-0.2, 0) is 6.54 Å². The van der Waals surface area contributed by atoms with Crippen molar-refractivity contribution in [2.45, 2.75) is 32.4 Å². The molecule has 2 nitrogen and oxygen atoms in total. The minimum Gasteiger partial charge on any atom is -0.295 e. The van der Waals surface area contributed by atoms with E-state index in [1.807, 2.05) is 30.3 Å². The monoisotopic (exact) mass is 299 g/mol. The minimum atomic E-state index is 0.0490. The number of carbonyl (C=O) groups excluding carboxylic acids is 1. The van der Waals surface area contributed by atoms with Crippen LogP contribution in [0.5, 0.6) is 0 Å². The van der Waals surface area contributed by atoms with E-state index in [4.69, 9.17) is 0 Å². The van der Waals surface area contributed by atoms with Gasteiger partial charge in [0, 0.05) is 35.5 Å². The number of benzene rings is 1. The summed E-state index contributed by atoms with van der Waals surface area (Å²) in [6, 6.07) is 14.6. The standard InChI is InChI=1S/C18H21NOS/c1-14(18(20)15-6-3-2-4-7-15)12-19(16-9-10-16)13-17-8-5-11-21-17/h2-8,11,14,16H,9-10,12-13H2,1H3. The third kappa shape index (κ3) is 3.80. The molecule has 0 amide bonds. The van der Waals surface area contributed by atoms with Crippen LogP contribution in [0.3, 0.4) is 0 Å². The second kappa shape index (κ2) is 6.54. The molecule has 0 N–H and O–H groups in total. The minimum absolute atomic E-state index is 0.0490. The molecule has 1 aromatic heterocycles. The molecule has 0 radical (unpaired) electrons. The van der Waals surface area contributed by atoms with E-state index in [-0.39, 0.29) is 11.7 Å². The SMILES string of the molecule is CC(CN(Cc1cccs1)C1CC1)C(=O)c1ccccc1. The van der Waals surface area contributed by atoms with Crippen LogP contribution in [0.25, 0.3) is 0 Å². The molecule has 3 rings (SSSR count). The Kier molecular flexibility index (Phi) is 4.51. The van der Waals surface area contributed by atoms with Crippen LogP contribution in [0.4, 0.5) is 0 Å². The predicted octanol–water partition coefficient (Wildman–Crippen LogP) is 4.23. The summed E-state index contributed by atoms with van der Waals surface area (Å²) < 4.78 is 0. The number of hydrogen-bond acceptors (Lipinski definition) is 3. The first-order valence-electron chi connectivity index (χ1n) is 7.59. The maximum Gasteiger partial charge on any atom is 0.166 e. The van der Waals surface area contributed by atoms with Crippen LogP contribution in [0.1, 0.15) is 35.0 Å². The van der Waals surface area contributed by atoms with E-state index in [0.29, 0.717) is 6.04 Å². The Morgan fingerprint density at radius 2 is 2.00 bits per heavy atom. The molecule has 1 aliphatic rings. The van der Waals surface area contributed by atoms with Crippen LogP contribution in [0.15, 0.2) is 47.8 Å². The second-order valence-electron chi connectivity index (χ2n) is 5.87. The van der Waals surface area contributed by atoms with Gasteiger partial charge in [-0.25, -0.2) is 0 Å². The Labute approximate surface area is 130 Å². The van der Waals surface area contributed by atoms with Gasteiger partial charge in [0.25, 0.3) is 0 Å². The molecule has 0 spiro atoms. The molecule has 0 bridgehead atoms. The molecule has 21 heavy (non-hydrogen) atoms. The summed E-state index contributed by atoms with van der Waals surface area (Å²) in [7, 11) is 0. The quantitative estimate of drug-likeness (QED) is 0.713. The summed E-state index contributed by atoms with van der Waals surface area (Å²) in [6.45, 7) is 3.89. The van der Waals surface area contributed by atoms with Crippen LogP contribution in [-0.4, -0.2) is 23.3 Å². The van der Waals surface area contributed by atoms with Crippen LogP contribution >= 0.6 is 11.3 Å². The van der Waals surface area contributed by atoms with E-state index >= 15 is 0 Å². The molecule has 1 unspecified atom stereocenters. The van der Waals surface area contributed by atoms with E-state index in [1.165, 1.54) is 17.7 Å². The van der Waals surface area contributed by atoms with Gasteiger partial charge in [-0.2, -0.15) is 0 Å². The van der Waals surface area contributed by atoms with E-state index < -0.39 is 0 Å². The zero-order valence-corrected chi connectivity index (χ0v) is 13.2. The summed E-state index contributed by atoms with van der Waals surface area (Å²) >= 11 is 1.80. The van der Waals surface area contributed by atoms with Crippen molar-refractivity contribution in [1.29, 1.82) is 0 Å². The lowest BCUT2D eigenvalue weighted by Crippen LogP contribution is -2.33. The van der Waals surface area contributed by atoms with Gasteiger partial charge in [-0.05, 0) is 24.3 Å². The van der Waals surface area contributed by atoms with Crippen LogP contribution in [0.2, 0.25) is 0 Å². The van der Waals surface area contributed by atoms with Gasteiger partial charge in [0.15, 0.2) is 5.78 Å². The first-order valence-corrected chi connectivity index (χ1v) is 8.47. The van der Waals surface area contributed by atoms with Gasteiger partial charge in [0.2, 0.25) is 0 Å². The molecular weight excluding hydrogens is 278 g/mol. The molecule has 1 atom stereocenters. The molecule has 0 aliphatic heterocycles. The Hall–Kier alpha value is -1.45. The lowest BCUT2D eigenvalue weighted by molar-refractivity contribution is 0.0886. The zero-order valence-electron chi connectivity index (χ0n) is 12.4. The smallest absolute Gasteiger partial charge is 0.166 e. The lowest BCUT2D eigenvalue weighted by atomic mass is 9.99. The Balaban J connectivity index is 1.64. The van der Waals surface area contributed by atoms with Crippen molar-refractivity contribution in [3.63, 3.8) is 0 Å². The maximum absolute atomic E-state index is 12.5. The molecule has 2 aromatic rings. The number of rotatable bonds is 7. The first kappa shape index (κ1) is 14.5. The van der Waals surface area contributed by atoms with Crippen molar-refractivity contribution in [2.75, 3.05) is 6.54 Å². The van der Waals surface area contributed by atoms with Crippen molar-refractivity contribution < 1.29 is 4.79 Å². The van der Waals surface area contributed by atoms with E-state index in [2.05, 4.69) is 29.3 Å². The third-order valence-corrected chi connectivity index (χ3v) is 4.88. The molecule has 110 valence electrons. The number of hydrogen-bond donors (Lipinski definition) is 0. The van der Waals surface area contributed by atoms with Crippen LogP contribution < -0.4 is 0 Å². The van der Waals surface area contributed by atoms with Gasteiger partial charge in [0.05, 0.1) is 0 Å². The Morgan fingerprint density at radius 1 is 1.24 bits per heavy atom. The molecular formula is C18H21NOS. The molecule has 1 aliphatic carbocycles. The fourth-order valence-corrected chi connectivity index (χ4v) is 3.44. The third-order valence-electron chi connectivity index (χ3n) is 4.02. The number of nitrogens with zero attached hydrogens (tertiary/aromatic N) is 1. The van der Waals surface area contributed by atoms with Crippen molar-refractivity contribution in [2.24, 2.45) is 5.92 Å². The van der Waals surface area contributed by atoms with Crippen LogP contribution in [0, 0.1) is 5.92 Å². The Morgan fingerprint density at radius 3 is 2.62 bits per heavy atom. The number of Topliss-reactive ketones (excluding diaryl/α,β-unsaturated/α-hetero) is 1. The zero-order chi connectivity index (χ0) is 14.7. The number of thiophene rings is 1. The van der Waals surface area contributed by atoms with Gasteiger partial charge in [-0.15, -0.1) is 11.3 Å². The second-order valence-corrected chi connectivity index (χ2v) is 6.90. The van der Waals surface area contributed by atoms with Gasteiger partial charge in [-0.1, -0.05) is 43.3 Å². The highest BCUT2D eigenvalue weighted by Crippen LogP contribution is 2.30. The molecule has 0 saturated heterocycles.